The van der Waals surface area contributed by atoms with Gasteiger partial charge in [-0.15, -0.1) is 0 Å². The molecule has 0 aliphatic rings. The van der Waals surface area contributed by atoms with Crippen molar-refractivity contribution in [1.29, 1.82) is 0 Å². The van der Waals surface area contributed by atoms with Gasteiger partial charge in [0.25, 0.3) is 10.9 Å². The monoisotopic (exact) mass is 333 g/mol. The first-order valence-electron chi connectivity index (χ1n) is 7.25. The predicted octanol–water partition coefficient (Wildman–Crippen LogP) is -1.53. The average molecular weight is 333 g/mol. The van der Waals surface area contributed by atoms with Crippen LogP contribution in [0.1, 0.15) is 12.5 Å². The normalized spacial score (nSPS) is 12.0. The highest BCUT2D eigenvalue weighted by Crippen LogP contribution is 2.19. The molecule has 0 fully saturated rings. The number of hydrogen-bond acceptors (Lipinski definition) is 7. The first-order valence-corrected chi connectivity index (χ1v) is 7.25. The standard InChI is InChI=1S/C15H16BNO7/c1-2-24-14-11(12(18)13(14)19)17-10(15(20)21)7-8-3-5-9(6-4-8)16(22)23/h3-6,10,17,22-23H,2,7H2,1H3,(H,20,21). The van der Waals surface area contributed by atoms with E-state index in [9.17, 15) is 19.5 Å². The molecule has 0 saturated heterocycles. The van der Waals surface area contributed by atoms with Gasteiger partial charge < -0.3 is 25.2 Å². The maximum Gasteiger partial charge on any atom is 0.488 e. The first kappa shape index (κ1) is 17.7. The second kappa shape index (κ2) is 7.28. The Hall–Kier alpha value is -2.65. The minimum absolute atomic E-state index is 0.0293. The third-order valence-corrected chi connectivity index (χ3v) is 3.49. The summed E-state index contributed by atoms with van der Waals surface area (Å²) in [4.78, 5) is 34.4. The molecule has 9 heteroatoms. The number of anilines is 1. The van der Waals surface area contributed by atoms with Crippen molar-refractivity contribution in [3.05, 3.63) is 50.3 Å². The fraction of sp³-hybridized carbons (Fsp3) is 0.267. The summed E-state index contributed by atoms with van der Waals surface area (Å²) in [6.45, 7) is 1.83. The van der Waals surface area contributed by atoms with Crippen molar-refractivity contribution in [3.8, 4) is 5.75 Å². The highest BCUT2D eigenvalue weighted by atomic mass is 16.5. The Morgan fingerprint density at radius 1 is 1.21 bits per heavy atom. The SMILES string of the molecule is CCOc1c(NC(Cc2ccc(B(O)O)cc2)C(=O)O)c(=O)c1=O. The lowest BCUT2D eigenvalue weighted by Gasteiger charge is -2.19. The van der Waals surface area contributed by atoms with Gasteiger partial charge in [-0.3, -0.25) is 9.59 Å². The van der Waals surface area contributed by atoms with Gasteiger partial charge in [0.1, 0.15) is 11.7 Å². The smallest absolute Gasteiger partial charge is 0.488 e. The van der Waals surface area contributed by atoms with Crippen molar-refractivity contribution in [2.75, 3.05) is 11.9 Å². The van der Waals surface area contributed by atoms with Gasteiger partial charge in [0.15, 0.2) is 5.75 Å². The van der Waals surface area contributed by atoms with E-state index in [1.165, 1.54) is 12.1 Å². The molecule has 0 saturated carbocycles. The van der Waals surface area contributed by atoms with E-state index in [0.717, 1.165) is 0 Å². The second-order valence-electron chi connectivity index (χ2n) is 5.15. The summed E-state index contributed by atoms with van der Waals surface area (Å²) in [5.41, 5.74) is -0.819. The summed E-state index contributed by atoms with van der Waals surface area (Å²) < 4.78 is 5.04. The summed E-state index contributed by atoms with van der Waals surface area (Å²) in [5, 5.41) is 29.9. The van der Waals surface area contributed by atoms with E-state index in [1.54, 1.807) is 19.1 Å². The number of carboxylic acid groups (broad SMARTS) is 1. The molecule has 1 unspecified atom stereocenters. The third kappa shape index (κ3) is 3.63. The summed E-state index contributed by atoms with van der Waals surface area (Å²) in [7, 11) is -1.61. The summed E-state index contributed by atoms with van der Waals surface area (Å²) in [6.07, 6.45) is 0.0293. The van der Waals surface area contributed by atoms with Crippen LogP contribution in [-0.4, -0.2) is 40.9 Å². The van der Waals surface area contributed by atoms with E-state index in [1.807, 2.05) is 0 Å². The Labute approximate surface area is 137 Å². The van der Waals surface area contributed by atoms with Crippen LogP contribution in [-0.2, 0) is 11.2 Å². The molecule has 0 radical (unpaired) electrons. The number of nitrogens with one attached hydrogen (secondary N) is 1. The minimum Gasteiger partial charge on any atom is -0.488 e. The van der Waals surface area contributed by atoms with E-state index in [0.29, 0.717) is 5.56 Å². The van der Waals surface area contributed by atoms with Crippen molar-refractivity contribution in [3.63, 3.8) is 0 Å². The van der Waals surface area contributed by atoms with Crippen molar-refractivity contribution >= 4 is 24.2 Å². The first-order chi connectivity index (χ1) is 11.3. The Morgan fingerprint density at radius 2 is 1.83 bits per heavy atom. The zero-order chi connectivity index (χ0) is 17.9. The highest BCUT2D eigenvalue weighted by molar-refractivity contribution is 6.58. The number of hydrogen-bond donors (Lipinski definition) is 4. The lowest BCUT2D eigenvalue weighted by atomic mass is 9.80. The van der Waals surface area contributed by atoms with Gasteiger partial charge in [0.2, 0.25) is 0 Å². The van der Waals surface area contributed by atoms with Crippen LogP contribution in [0.25, 0.3) is 0 Å². The Balaban J connectivity index is 2.16. The summed E-state index contributed by atoms with van der Waals surface area (Å²) in [6, 6.07) is 4.89. The molecule has 0 heterocycles. The van der Waals surface area contributed by atoms with Crippen LogP contribution in [0.4, 0.5) is 5.69 Å². The molecule has 2 rings (SSSR count). The number of carboxylic acids is 1. The molecular weight excluding hydrogens is 317 g/mol. The molecule has 1 atom stereocenters. The minimum atomic E-state index is -1.61. The molecule has 4 N–H and O–H groups in total. The molecule has 0 spiro atoms. The van der Waals surface area contributed by atoms with Gasteiger partial charge in [-0.25, -0.2) is 4.79 Å². The highest BCUT2D eigenvalue weighted by Gasteiger charge is 2.27. The van der Waals surface area contributed by atoms with Crippen molar-refractivity contribution in [2.45, 2.75) is 19.4 Å². The van der Waals surface area contributed by atoms with Gasteiger partial charge in [-0.05, 0) is 17.9 Å². The quantitative estimate of drug-likeness (QED) is 0.338. The maximum absolute atomic E-state index is 11.6. The molecule has 24 heavy (non-hydrogen) atoms. The zero-order valence-corrected chi connectivity index (χ0v) is 12.9. The number of aliphatic carboxylic acids is 1. The average Bonchev–Trinajstić information content (AvgIpc) is 2.56. The fourth-order valence-corrected chi connectivity index (χ4v) is 2.22. The van der Waals surface area contributed by atoms with Gasteiger partial charge in [0, 0.05) is 6.42 Å². The molecular formula is C15H16BNO7. The molecule has 0 amide bonds. The van der Waals surface area contributed by atoms with E-state index >= 15 is 0 Å². The molecule has 126 valence electrons. The topological polar surface area (TPSA) is 133 Å². The largest absolute Gasteiger partial charge is 0.488 e. The van der Waals surface area contributed by atoms with E-state index < -0.39 is 30.0 Å². The molecule has 2 aromatic rings. The number of ether oxygens (including phenoxy) is 1. The lowest BCUT2D eigenvalue weighted by molar-refractivity contribution is -0.137. The van der Waals surface area contributed by atoms with E-state index in [2.05, 4.69) is 5.32 Å². The Morgan fingerprint density at radius 3 is 2.33 bits per heavy atom. The Bertz CT molecular complexity index is 793. The molecule has 2 aromatic carbocycles. The fourth-order valence-electron chi connectivity index (χ4n) is 2.22. The van der Waals surface area contributed by atoms with Gasteiger partial charge in [0.05, 0.1) is 6.61 Å². The predicted molar refractivity (Wildman–Crippen MR) is 87.5 cm³/mol. The van der Waals surface area contributed by atoms with Crippen LogP contribution in [0.5, 0.6) is 5.75 Å². The van der Waals surface area contributed by atoms with E-state index in [-0.39, 0.29) is 29.9 Å². The summed E-state index contributed by atoms with van der Waals surface area (Å²) >= 11 is 0. The second-order valence-corrected chi connectivity index (χ2v) is 5.15. The van der Waals surface area contributed by atoms with Gasteiger partial charge in [-0.1, -0.05) is 24.3 Å². The molecule has 0 bridgehead atoms. The van der Waals surface area contributed by atoms with Crippen LogP contribution in [0.15, 0.2) is 33.9 Å². The van der Waals surface area contributed by atoms with Crippen LogP contribution in [0, 0.1) is 0 Å². The van der Waals surface area contributed by atoms with Crippen LogP contribution < -0.4 is 26.4 Å². The van der Waals surface area contributed by atoms with Crippen LogP contribution in [0.3, 0.4) is 0 Å². The van der Waals surface area contributed by atoms with Gasteiger partial charge >= 0.3 is 13.1 Å². The summed E-state index contributed by atoms with van der Waals surface area (Å²) in [5.74, 6) is -1.34. The number of benzene rings is 1. The van der Waals surface area contributed by atoms with Gasteiger partial charge in [-0.2, -0.15) is 0 Å². The molecule has 0 aromatic heterocycles. The molecule has 8 nitrogen and oxygen atoms in total. The van der Waals surface area contributed by atoms with Crippen LogP contribution >= 0.6 is 0 Å². The van der Waals surface area contributed by atoms with E-state index in [4.69, 9.17) is 14.8 Å². The van der Waals surface area contributed by atoms with Crippen molar-refractivity contribution in [1.82, 2.24) is 0 Å². The Kier molecular flexibility index (Phi) is 5.37. The lowest BCUT2D eigenvalue weighted by Crippen LogP contribution is -2.41. The molecule has 0 aliphatic heterocycles. The van der Waals surface area contributed by atoms with Crippen molar-refractivity contribution in [2.24, 2.45) is 0 Å². The van der Waals surface area contributed by atoms with Crippen molar-refractivity contribution < 1.29 is 24.7 Å². The van der Waals surface area contributed by atoms with Crippen LogP contribution in [0.2, 0.25) is 0 Å². The number of carbonyl (C=O) groups is 1. The molecule has 0 aliphatic carbocycles. The third-order valence-electron chi connectivity index (χ3n) is 3.49. The maximum atomic E-state index is 11.6. The zero-order valence-electron chi connectivity index (χ0n) is 12.9. The number of rotatable bonds is 8.